The highest BCUT2D eigenvalue weighted by Crippen LogP contribution is 2.53. The van der Waals surface area contributed by atoms with Gasteiger partial charge in [0.1, 0.15) is 0 Å². The first-order valence-corrected chi connectivity index (χ1v) is 6.37. The SMILES string of the molecule is CC12CCNC(Cc3ccccc31)C2(C)C.Cl. The molecule has 1 fully saturated rings. The van der Waals surface area contributed by atoms with Gasteiger partial charge < -0.3 is 5.32 Å². The van der Waals surface area contributed by atoms with Crippen molar-refractivity contribution >= 4 is 12.4 Å². The number of piperidine rings is 1. The number of nitrogens with one attached hydrogen (secondary N) is 1. The van der Waals surface area contributed by atoms with Crippen LogP contribution in [0.15, 0.2) is 24.3 Å². The largest absolute Gasteiger partial charge is 0.313 e. The molecule has 0 amide bonds. The lowest BCUT2D eigenvalue weighted by molar-refractivity contribution is 0.0559. The predicted molar refractivity (Wildman–Crippen MR) is 74.9 cm³/mol. The van der Waals surface area contributed by atoms with Crippen molar-refractivity contribution in [2.24, 2.45) is 5.41 Å². The van der Waals surface area contributed by atoms with Gasteiger partial charge in [0.15, 0.2) is 0 Å². The fourth-order valence-corrected chi connectivity index (χ4v) is 3.72. The molecule has 0 spiro atoms. The second kappa shape index (κ2) is 4.00. The first kappa shape index (κ1) is 12.9. The van der Waals surface area contributed by atoms with E-state index in [0.29, 0.717) is 16.9 Å². The topological polar surface area (TPSA) is 12.0 Å². The van der Waals surface area contributed by atoms with Crippen LogP contribution in [0, 0.1) is 5.41 Å². The zero-order valence-corrected chi connectivity index (χ0v) is 11.7. The van der Waals surface area contributed by atoms with E-state index in [0.717, 1.165) is 0 Å². The summed E-state index contributed by atoms with van der Waals surface area (Å²) in [6.07, 6.45) is 2.45. The number of hydrogen-bond acceptors (Lipinski definition) is 1. The molecule has 2 aliphatic rings. The van der Waals surface area contributed by atoms with E-state index in [1.165, 1.54) is 19.4 Å². The molecule has 2 bridgehead atoms. The van der Waals surface area contributed by atoms with Crippen LogP contribution in [0.2, 0.25) is 0 Å². The lowest BCUT2D eigenvalue weighted by Crippen LogP contribution is -2.62. The van der Waals surface area contributed by atoms with E-state index in [-0.39, 0.29) is 12.4 Å². The van der Waals surface area contributed by atoms with Crippen LogP contribution >= 0.6 is 12.4 Å². The average molecular weight is 252 g/mol. The molecule has 0 aromatic heterocycles. The Morgan fingerprint density at radius 3 is 2.65 bits per heavy atom. The summed E-state index contributed by atoms with van der Waals surface area (Å²) in [4.78, 5) is 0. The molecule has 1 nitrogen and oxygen atoms in total. The molecule has 1 aliphatic carbocycles. The molecule has 2 heteroatoms. The predicted octanol–water partition coefficient (Wildman–Crippen LogP) is 3.31. The van der Waals surface area contributed by atoms with E-state index in [4.69, 9.17) is 0 Å². The van der Waals surface area contributed by atoms with Crippen molar-refractivity contribution in [2.75, 3.05) is 6.54 Å². The lowest BCUT2D eigenvalue weighted by Gasteiger charge is -2.57. The third-order valence-electron chi connectivity index (χ3n) is 5.34. The van der Waals surface area contributed by atoms with Gasteiger partial charge in [0.2, 0.25) is 0 Å². The van der Waals surface area contributed by atoms with Crippen LogP contribution in [0.5, 0.6) is 0 Å². The highest BCUT2D eigenvalue weighted by atomic mass is 35.5. The summed E-state index contributed by atoms with van der Waals surface area (Å²) < 4.78 is 0. The van der Waals surface area contributed by atoms with Gasteiger partial charge in [0.25, 0.3) is 0 Å². The molecule has 1 heterocycles. The third kappa shape index (κ3) is 1.56. The van der Waals surface area contributed by atoms with E-state index in [2.05, 4.69) is 50.4 Å². The molecule has 2 unspecified atom stereocenters. The molecule has 1 aromatic rings. The second-order valence-corrected chi connectivity index (χ2v) is 6.17. The summed E-state index contributed by atoms with van der Waals surface area (Å²) in [5, 5.41) is 3.71. The van der Waals surface area contributed by atoms with Crippen molar-refractivity contribution in [3.8, 4) is 0 Å². The highest BCUT2D eigenvalue weighted by molar-refractivity contribution is 5.85. The quantitative estimate of drug-likeness (QED) is 0.746. The monoisotopic (exact) mass is 251 g/mol. The van der Waals surface area contributed by atoms with Crippen LogP contribution < -0.4 is 5.32 Å². The first-order valence-electron chi connectivity index (χ1n) is 6.37. The van der Waals surface area contributed by atoms with E-state index in [9.17, 15) is 0 Å². The molecule has 94 valence electrons. The first-order chi connectivity index (χ1) is 7.56. The molecule has 1 N–H and O–H groups in total. The van der Waals surface area contributed by atoms with Crippen LogP contribution in [0.4, 0.5) is 0 Å². The summed E-state index contributed by atoms with van der Waals surface area (Å²) in [6, 6.07) is 9.67. The van der Waals surface area contributed by atoms with Crippen LogP contribution in [0.1, 0.15) is 38.3 Å². The Morgan fingerprint density at radius 2 is 1.88 bits per heavy atom. The minimum absolute atomic E-state index is 0. The van der Waals surface area contributed by atoms with Gasteiger partial charge in [-0.1, -0.05) is 45.0 Å². The molecule has 3 rings (SSSR count). The Balaban J connectivity index is 0.00000108. The van der Waals surface area contributed by atoms with Gasteiger partial charge in [-0.05, 0) is 35.9 Å². The van der Waals surface area contributed by atoms with Crippen molar-refractivity contribution in [3.05, 3.63) is 35.4 Å². The molecule has 0 radical (unpaired) electrons. The minimum Gasteiger partial charge on any atom is -0.313 e. The van der Waals surface area contributed by atoms with Crippen LogP contribution in [0.25, 0.3) is 0 Å². The molecule has 1 saturated heterocycles. The van der Waals surface area contributed by atoms with Crippen molar-refractivity contribution in [3.63, 3.8) is 0 Å². The van der Waals surface area contributed by atoms with Crippen LogP contribution in [-0.2, 0) is 11.8 Å². The average Bonchev–Trinajstić information content (AvgIpc) is 2.23. The number of fused-ring (bicyclic) bond motifs is 4. The van der Waals surface area contributed by atoms with Crippen molar-refractivity contribution in [1.29, 1.82) is 0 Å². The third-order valence-corrected chi connectivity index (χ3v) is 5.34. The van der Waals surface area contributed by atoms with Gasteiger partial charge in [0.05, 0.1) is 0 Å². The molecule has 1 aliphatic heterocycles. The molecular formula is C15H22ClN. The Hall–Kier alpha value is -0.530. The zero-order chi connectivity index (χ0) is 11.4. The minimum atomic E-state index is 0. The van der Waals surface area contributed by atoms with Gasteiger partial charge in [-0.25, -0.2) is 0 Å². The van der Waals surface area contributed by atoms with E-state index >= 15 is 0 Å². The van der Waals surface area contributed by atoms with Crippen molar-refractivity contribution in [1.82, 2.24) is 5.32 Å². The van der Waals surface area contributed by atoms with Gasteiger partial charge in [-0.2, -0.15) is 0 Å². The molecular weight excluding hydrogens is 230 g/mol. The van der Waals surface area contributed by atoms with E-state index in [1.54, 1.807) is 11.1 Å². The van der Waals surface area contributed by atoms with Crippen molar-refractivity contribution < 1.29 is 0 Å². The van der Waals surface area contributed by atoms with Gasteiger partial charge in [0, 0.05) is 11.5 Å². The van der Waals surface area contributed by atoms with Gasteiger partial charge >= 0.3 is 0 Å². The molecule has 17 heavy (non-hydrogen) atoms. The summed E-state index contributed by atoms with van der Waals surface area (Å²) in [5.74, 6) is 0. The van der Waals surface area contributed by atoms with Crippen LogP contribution in [0.3, 0.4) is 0 Å². The van der Waals surface area contributed by atoms with Crippen LogP contribution in [-0.4, -0.2) is 12.6 Å². The Kier molecular flexibility index (Phi) is 3.04. The summed E-state index contributed by atoms with van der Waals surface area (Å²) in [5.41, 5.74) is 3.86. The van der Waals surface area contributed by atoms with E-state index in [1.807, 2.05) is 0 Å². The van der Waals surface area contributed by atoms with E-state index < -0.39 is 0 Å². The molecule has 1 aromatic carbocycles. The maximum atomic E-state index is 3.71. The summed E-state index contributed by atoms with van der Waals surface area (Å²) in [7, 11) is 0. The summed E-state index contributed by atoms with van der Waals surface area (Å²) >= 11 is 0. The number of hydrogen-bond donors (Lipinski definition) is 1. The Bertz CT molecular complexity index is 427. The summed E-state index contributed by atoms with van der Waals surface area (Å²) in [6.45, 7) is 8.48. The lowest BCUT2D eigenvalue weighted by atomic mass is 9.51. The molecule has 2 atom stereocenters. The van der Waals surface area contributed by atoms with Crippen molar-refractivity contribution in [2.45, 2.75) is 45.1 Å². The van der Waals surface area contributed by atoms with Gasteiger partial charge in [-0.3, -0.25) is 0 Å². The maximum absolute atomic E-state index is 3.71. The Labute approximate surface area is 110 Å². The Morgan fingerprint density at radius 1 is 1.18 bits per heavy atom. The smallest absolute Gasteiger partial charge is 0.0167 e. The number of rotatable bonds is 0. The molecule has 0 saturated carbocycles. The second-order valence-electron chi connectivity index (χ2n) is 6.17. The zero-order valence-electron chi connectivity index (χ0n) is 10.9. The number of benzene rings is 1. The standard InChI is InChI=1S/C15H21N.ClH/c1-14(2)13-10-11-6-4-5-7-12(11)15(14,3)8-9-16-13;/h4-7,13,16H,8-10H2,1-3H3;1H. The van der Waals surface area contributed by atoms with Gasteiger partial charge in [-0.15, -0.1) is 12.4 Å². The fraction of sp³-hybridized carbons (Fsp3) is 0.600. The highest BCUT2D eigenvalue weighted by Gasteiger charge is 2.52. The normalized spacial score (nSPS) is 33.5. The number of halogens is 1. The maximum Gasteiger partial charge on any atom is 0.0167 e. The fourth-order valence-electron chi connectivity index (χ4n) is 3.72.